The van der Waals surface area contributed by atoms with Gasteiger partial charge in [-0.3, -0.25) is 14.3 Å². The molecular formula is C26H36BN5O6. The van der Waals surface area contributed by atoms with Crippen molar-refractivity contribution in [2.24, 2.45) is 11.1 Å². The number of benzene rings is 1. The highest BCUT2D eigenvalue weighted by atomic mass is 16.7. The summed E-state index contributed by atoms with van der Waals surface area (Å²) in [5.74, 6) is -1.49. The van der Waals surface area contributed by atoms with E-state index < -0.39 is 24.6 Å². The van der Waals surface area contributed by atoms with Gasteiger partial charge < -0.3 is 30.3 Å². The van der Waals surface area contributed by atoms with Crippen LogP contribution in [0, 0.1) is 5.92 Å². The molecule has 0 aliphatic carbocycles. The minimum Gasteiger partial charge on any atom is -0.426 e. The van der Waals surface area contributed by atoms with Gasteiger partial charge in [0.05, 0.1) is 24.2 Å². The van der Waals surface area contributed by atoms with Crippen LogP contribution in [0.3, 0.4) is 0 Å². The van der Waals surface area contributed by atoms with Crippen LogP contribution in [0.5, 0.6) is 0 Å². The lowest BCUT2D eigenvalue weighted by atomic mass is 9.74. The quantitative estimate of drug-likeness (QED) is 0.323. The fourth-order valence-electron chi connectivity index (χ4n) is 4.91. The molecule has 3 heterocycles. The Morgan fingerprint density at radius 3 is 2.61 bits per heavy atom. The van der Waals surface area contributed by atoms with Crippen LogP contribution in [0.2, 0.25) is 0 Å². The van der Waals surface area contributed by atoms with Crippen LogP contribution < -0.4 is 10.6 Å². The Balaban J connectivity index is 1.44. The van der Waals surface area contributed by atoms with Crippen LogP contribution in [0.4, 0.5) is 0 Å². The van der Waals surface area contributed by atoms with Gasteiger partial charge in [-0.05, 0) is 36.8 Å². The fraction of sp³-hybridized carbons (Fsp3) is 0.538. The molecule has 0 radical (unpaired) electrons. The maximum atomic E-state index is 13.5. The SMILES string of the molecule is CC(C)C[C@H](NC(=O)C1(Cc2ccccc2)CC(CNC(=O)c2ccnn2C2CCOCC2)=NO1)B(O)O. The molecule has 0 bridgehead atoms. The number of hydrogen-bond donors (Lipinski definition) is 4. The molecule has 1 fully saturated rings. The van der Waals surface area contributed by atoms with Crippen LogP contribution in [-0.2, 0) is 20.8 Å². The molecule has 1 saturated heterocycles. The number of aromatic nitrogens is 2. The summed E-state index contributed by atoms with van der Waals surface area (Å²) >= 11 is 0. The van der Waals surface area contributed by atoms with E-state index in [0.717, 1.165) is 18.4 Å². The van der Waals surface area contributed by atoms with Crippen LogP contribution in [0.15, 0.2) is 47.8 Å². The van der Waals surface area contributed by atoms with E-state index in [4.69, 9.17) is 9.57 Å². The monoisotopic (exact) mass is 525 g/mol. The Bertz CT molecular complexity index is 1120. The Kier molecular flexibility index (Phi) is 9.19. The summed E-state index contributed by atoms with van der Waals surface area (Å²) in [4.78, 5) is 32.3. The number of ether oxygens (including phenoxy) is 1. The number of oxime groups is 1. The topological polar surface area (TPSA) is 147 Å². The van der Waals surface area contributed by atoms with Crippen molar-refractivity contribution in [3.8, 4) is 0 Å². The molecule has 2 aliphatic heterocycles. The van der Waals surface area contributed by atoms with Gasteiger partial charge in [-0.25, -0.2) is 0 Å². The average Bonchev–Trinajstić information content (AvgIpc) is 3.56. The lowest BCUT2D eigenvalue weighted by molar-refractivity contribution is -0.144. The van der Waals surface area contributed by atoms with Gasteiger partial charge in [-0.1, -0.05) is 49.3 Å². The van der Waals surface area contributed by atoms with Gasteiger partial charge in [0.2, 0.25) is 5.60 Å². The van der Waals surface area contributed by atoms with E-state index in [1.54, 1.807) is 16.9 Å². The van der Waals surface area contributed by atoms with Gasteiger partial charge in [-0.2, -0.15) is 5.10 Å². The third-order valence-electron chi connectivity index (χ3n) is 6.88. The van der Waals surface area contributed by atoms with Gasteiger partial charge in [0.15, 0.2) is 0 Å². The molecular weight excluding hydrogens is 489 g/mol. The molecule has 4 rings (SSSR count). The number of carbonyl (C=O) groups is 2. The second-order valence-electron chi connectivity index (χ2n) is 10.4. The fourth-order valence-corrected chi connectivity index (χ4v) is 4.91. The highest BCUT2D eigenvalue weighted by Crippen LogP contribution is 2.29. The maximum Gasteiger partial charge on any atom is 0.475 e. The van der Waals surface area contributed by atoms with Gasteiger partial charge in [-0.15, -0.1) is 0 Å². The smallest absolute Gasteiger partial charge is 0.426 e. The zero-order chi connectivity index (χ0) is 27.1. The van der Waals surface area contributed by atoms with E-state index in [2.05, 4.69) is 20.9 Å². The maximum absolute atomic E-state index is 13.5. The third kappa shape index (κ3) is 6.80. The lowest BCUT2D eigenvalue weighted by Crippen LogP contribution is -2.56. The second-order valence-corrected chi connectivity index (χ2v) is 10.4. The van der Waals surface area contributed by atoms with Crippen LogP contribution in [0.1, 0.15) is 61.6 Å². The van der Waals surface area contributed by atoms with Gasteiger partial charge in [0, 0.05) is 32.3 Å². The molecule has 0 saturated carbocycles. The number of hydrogen-bond acceptors (Lipinski definition) is 8. The van der Waals surface area contributed by atoms with Crippen molar-refractivity contribution in [1.29, 1.82) is 0 Å². The number of amides is 2. The number of rotatable bonds is 11. The standard InChI is InChI=1S/C26H36BN5O6/c1-18(2)14-23(27(35)36)30-25(34)26(15-19-6-4-3-5-7-19)16-20(31-38-26)17-28-24(33)22-8-11-29-32(22)21-9-12-37-13-10-21/h3-8,11,18,21,23,35-36H,9-10,12-17H2,1-2H3,(H,28,33)(H,30,34)/t23-,26?/m0/s1. The van der Waals surface area contributed by atoms with Crippen molar-refractivity contribution >= 4 is 24.6 Å². The minimum atomic E-state index is -1.71. The van der Waals surface area contributed by atoms with Crippen molar-refractivity contribution in [3.05, 3.63) is 53.9 Å². The lowest BCUT2D eigenvalue weighted by Gasteiger charge is -2.29. The van der Waals surface area contributed by atoms with Gasteiger partial charge in [0.25, 0.3) is 11.8 Å². The summed E-state index contributed by atoms with van der Waals surface area (Å²) < 4.78 is 7.16. The molecule has 2 amide bonds. The van der Waals surface area contributed by atoms with Crippen molar-refractivity contribution in [1.82, 2.24) is 20.4 Å². The first-order valence-corrected chi connectivity index (χ1v) is 13.1. The van der Waals surface area contributed by atoms with Gasteiger partial charge in [0.1, 0.15) is 5.69 Å². The van der Waals surface area contributed by atoms with E-state index in [0.29, 0.717) is 31.0 Å². The highest BCUT2D eigenvalue weighted by molar-refractivity contribution is 6.43. The Labute approximate surface area is 222 Å². The zero-order valence-corrected chi connectivity index (χ0v) is 21.9. The van der Waals surface area contributed by atoms with Crippen molar-refractivity contribution in [2.45, 2.75) is 63.5 Å². The summed E-state index contributed by atoms with van der Waals surface area (Å²) in [7, 11) is -1.71. The first-order valence-electron chi connectivity index (χ1n) is 13.1. The predicted octanol–water partition coefficient (Wildman–Crippen LogP) is 1.27. The van der Waals surface area contributed by atoms with Crippen LogP contribution in [-0.4, -0.2) is 75.8 Å². The second kappa shape index (κ2) is 12.6. The van der Waals surface area contributed by atoms with E-state index >= 15 is 0 Å². The number of nitrogens with zero attached hydrogens (tertiary/aromatic N) is 3. The number of nitrogens with one attached hydrogen (secondary N) is 2. The molecule has 2 aliphatic rings. The minimum absolute atomic E-state index is 0.0969. The molecule has 1 aromatic heterocycles. The van der Waals surface area contributed by atoms with E-state index in [-0.39, 0.29) is 37.3 Å². The molecule has 12 heteroatoms. The molecule has 2 aromatic rings. The molecule has 11 nitrogen and oxygen atoms in total. The summed E-state index contributed by atoms with van der Waals surface area (Å²) in [5.41, 5.74) is 0.452. The zero-order valence-electron chi connectivity index (χ0n) is 21.9. The normalized spacial score (nSPS) is 20.5. The first kappa shape index (κ1) is 27.8. The van der Waals surface area contributed by atoms with Crippen molar-refractivity contribution < 1.29 is 29.2 Å². The largest absolute Gasteiger partial charge is 0.475 e. The summed E-state index contributed by atoms with van der Waals surface area (Å²) in [6.45, 7) is 5.24. The average molecular weight is 525 g/mol. The summed E-state index contributed by atoms with van der Waals surface area (Å²) in [6, 6.07) is 11.2. The number of carbonyl (C=O) groups excluding carboxylic acids is 2. The van der Waals surface area contributed by atoms with E-state index in [1.807, 2.05) is 44.2 Å². The molecule has 1 aromatic carbocycles. The Morgan fingerprint density at radius 1 is 1.18 bits per heavy atom. The molecule has 0 spiro atoms. The van der Waals surface area contributed by atoms with E-state index in [1.165, 1.54) is 0 Å². The molecule has 38 heavy (non-hydrogen) atoms. The van der Waals surface area contributed by atoms with E-state index in [9.17, 15) is 19.6 Å². The van der Waals surface area contributed by atoms with Crippen LogP contribution >= 0.6 is 0 Å². The Morgan fingerprint density at radius 2 is 1.92 bits per heavy atom. The molecule has 4 N–H and O–H groups in total. The highest BCUT2D eigenvalue weighted by Gasteiger charge is 2.48. The molecule has 204 valence electrons. The molecule has 2 atom stereocenters. The third-order valence-corrected chi connectivity index (χ3v) is 6.88. The van der Waals surface area contributed by atoms with Crippen LogP contribution in [0.25, 0.3) is 0 Å². The van der Waals surface area contributed by atoms with Crippen molar-refractivity contribution in [3.63, 3.8) is 0 Å². The molecule has 1 unspecified atom stereocenters. The van der Waals surface area contributed by atoms with Gasteiger partial charge >= 0.3 is 7.12 Å². The summed E-state index contributed by atoms with van der Waals surface area (Å²) in [5, 5.41) is 33.8. The Hall–Kier alpha value is -3.22. The summed E-state index contributed by atoms with van der Waals surface area (Å²) in [6.07, 6.45) is 3.95. The first-order chi connectivity index (χ1) is 18.3. The predicted molar refractivity (Wildman–Crippen MR) is 141 cm³/mol. The van der Waals surface area contributed by atoms with Crippen molar-refractivity contribution in [2.75, 3.05) is 19.8 Å².